The van der Waals surface area contributed by atoms with E-state index in [4.69, 9.17) is 0 Å². The van der Waals surface area contributed by atoms with Crippen molar-refractivity contribution < 1.29 is 0 Å². The fourth-order valence-corrected chi connectivity index (χ4v) is 2.08. The molecule has 0 spiro atoms. The Hall–Kier alpha value is -0.780. The highest BCUT2D eigenvalue weighted by molar-refractivity contribution is 5.22. The maximum Gasteiger partial charge on any atom is -0.0276 e. The minimum Gasteiger partial charge on any atom is -0.0654 e. The molecule has 0 bridgehead atoms. The third-order valence-electron chi connectivity index (χ3n) is 3.35. The van der Waals surface area contributed by atoms with E-state index in [0.29, 0.717) is 0 Å². The smallest absolute Gasteiger partial charge is 0.0276 e. The molecule has 1 rings (SSSR count). The highest BCUT2D eigenvalue weighted by Crippen LogP contribution is 2.12. The summed E-state index contributed by atoms with van der Waals surface area (Å²) in [4.78, 5) is 0. The largest absolute Gasteiger partial charge is 0.0654 e. The molecule has 0 radical (unpaired) electrons. The molecule has 0 fully saturated rings. The van der Waals surface area contributed by atoms with Gasteiger partial charge in [-0.15, -0.1) is 0 Å². The van der Waals surface area contributed by atoms with Gasteiger partial charge in [0.1, 0.15) is 0 Å². The zero-order chi connectivity index (χ0) is 12.5. The van der Waals surface area contributed by atoms with Crippen LogP contribution in [0.2, 0.25) is 0 Å². The lowest BCUT2D eigenvalue weighted by atomic mass is 10.00. The van der Waals surface area contributed by atoms with Crippen LogP contribution in [0.15, 0.2) is 24.3 Å². The van der Waals surface area contributed by atoms with Gasteiger partial charge in [0.15, 0.2) is 0 Å². The normalized spacial score (nSPS) is 11.1. The molecular weight excluding hydrogens is 204 g/mol. The molecular formula is C17H28. The van der Waals surface area contributed by atoms with Crippen LogP contribution in [-0.4, -0.2) is 0 Å². The summed E-state index contributed by atoms with van der Waals surface area (Å²) < 4.78 is 0. The summed E-state index contributed by atoms with van der Waals surface area (Å²) in [6.45, 7) is 6.85. The monoisotopic (exact) mass is 232 g/mol. The van der Waals surface area contributed by atoms with Crippen LogP contribution < -0.4 is 0 Å². The van der Waals surface area contributed by atoms with Crippen molar-refractivity contribution in [2.24, 2.45) is 5.92 Å². The van der Waals surface area contributed by atoms with Gasteiger partial charge < -0.3 is 0 Å². The number of hydrogen-bond acceptors (Lipinski definition) is 0. The third-order valence-corrected chi connectivity index (χ3v) is 3.35. The Morgan fingerprint density at radius 1 is 0.824 bits per heavy atom. The van der Waals surface area contributed by atoms with Crippen LogP contribution in [0.1, 0.15) is 64.0 Å². The van der Waals surface area contributed by atoms with Gasteiger partial charge in [-0.05, 0) is 42.7 Å². The van der Waals surface area contributed by atoms with Gasteiger partial charge in [-0.25, -0.2) is 0 Å². The molecule has 0 aromatic heterocycles. The van der Waals surface area contributed by atoms with Crippen molar-refractivity contribution in [3.8, 4) is 0 Å². The van der Waals surface area contributed by atoms with Crippen molar-refractivity contribution in [2.45, 2.75) is 65.7 Å². The lowest BCUT2D eigenvalue weighted by molar-refractivity contribution is 0.586. The van der Waals surface area contributed by atoms with Gasteiger partial charge in [0.2, 0.25) is 0 Å². The molecule has 0 heterocycles. The van der Waals surface area contributed by atoms with Crippen LogP contribution in [0.25, 0.3) is 0 Å². The van der Waals surface area contributed by atoms with Crippen molar-refractivity contribution in [3.05, 3.63) is 35.4 Å². The van der Waals surface area contributed by atoms with Crippen LogP contribution >= 0.6 is 0 Å². The molecule has 0 saturated heterocycles. The predicted molar refractivity (Wildman–Crippen MR) is 77.4 cm³/mol. The van der Waals surface area contributed by atoms with Crippen LogP contribution in [0.5, 0.6) is 0 Å². The number of aryl methyl sites for hydroxylation is 2. The van der Waals surface area contributed by atoms with Crippen molar-refractivity contribution in [3.63, 3.8) is 0 Å². The molecule has 0 aliphatic rings. The van der Waals surface area contributed by atoms with Gasteiger partial charge in [0, 0.05) is 0 Å². The maximum atomic E-state index is 2.32. The van der Waals surface area contributed by atoms with Crippen molar-refractivity contribution in [1.82, 2.24) is 0 Å². The highest BCUT2D eigenvalue weighted by Gasteiger charge is 1.98. The highest BCUT2D eigenvalue weighted by atomic mass is 14.0. The van der Waals surface area contributed by atoms with E-state index in [2.05, 4.69) is 45.0 Å². The topological polar surface area (TPSA) is 0 Å². The van der Waals surface area contributed by atoms with Gasteiger partial charge in [0.25, 0.3) is 0 Å². The van der Waals surface area contributed by atoms with Crippen LogP contribution in [-0.2, 0) is 12.8 Å². The Labute approximate surface area is 107 Å². The molecule has 0 unspecified atom stereocenters. The second-order valence-electron chi connectivity index (χ2n) is 5.56. The SMILES string of the molecule is CCCCCCc1ccc(CCC(C)C)cc1. The Bertz CT molecular complexity index is 281. The minimum absolute atomic E-state index is 0.809. The summed E-state index contributed by atoms with van der Waals surface area (Å²) in [5.74, 6) is 0.809. The summed E-state index contributed by atoms with van der Waals surface area (Å²) >= 11 is 0. The van der Waals surface area contributed by atoms with E-state index in [1.54, 1.807) is 0 Å². The van der Waals surface area contributed by atoms with Crippen LogP contribution in [0, 0.1) is 5.92 Å². The quantitative estimate of drug-likeness (QED) is 0.527. The molecule has 1 aromatic carbocycles. The Morgan fingerprint density at radius 2 is 1.41 bits per heavy atom. The predicted octanol–water partition coefficient (Wildman–Crippen LogP) is 5.40. The molecule has 0 nitrogen and oxygen atoms in total. The fourth-order valence-electron chi connectivity index (χ4n) is 2.08. The first-order valence-corrected chi connectivity index (χ1v) is 7.30. The second kappa shape index (κ2) is 8.33. The number of rotatable bonds is 8. The molecule has 96 valence electrons. The summed E-state index contributed by atoms with van der Waals surface area (Å²) in [7, 11) is 0. The molecule has 0 saturated carbocycles. The lowest BCUT2D eigenvalue weighted by Gasteiger charge is -2.06. The van der Waals surface area contributed by atoms with E-state index in [1.165, 1.54) is 56.1 Å². The van der Waals surface area contributed by atoms with Gasteiger partial charge in [-0.2, -0.15) is 0 Å². The summed E-state index contributed by atoms with van der Waals surface area (Å²) in [6.07, 6.45) is 9.22. The first-order valence-electron chi connectivity index (χ1n) is 7.30. The molecule has 17 heavy (non-hydrogen) atoms. The Morgan fingerprint density at radius 3 is 1.94 bits per heavy atom. The second-order valence-corrected chi connectivity index (χ2v) is 5.56. The van der Waals surface area contributed by atoms with Gasteiger partial charge >= 0.3 is 0 Å². The third kappa shape index (κ3) is 6.51. The van der Waals surface area contributed by atoms with E-state index >= 15 is 0 Å². The summed E-state index contributed by atoms with van der Waals surface area (Å²) in [5, 5.41) is 0. The first kappa shape index (κ1) is 14.3. The van der Waals surface area contributed by atoms with Crippen LogP contribution in [0.4, 0.5) is 0 Å². The first-order chi connectivity index (χ1) is 8.22. The average molecular weight is 232 g/mol. The molecule has 0 N–H and O–H groups in total. The van der Waals surface area contributed by atoms with E-state index < -0.39 is 0 Å². The molecule has 0 heteroatoms. The molecule has 0 atom stereocenters. The summed E-state index contributed by atoms with van der Waals surface area (Å²) in [5.41, 5.74) is 3.01. The van der Waals surface area contributed by atoms with E-state index in [1.807, 2.05) is 0 Å². The number of unbranched alkanes of at least 4 members (excludes halogenated alkanes) is 3. The molecule has 1 aromatic rings. The zero-order valence-electron chi connectivity index (χ0n) is 11.8. The van der Waals surface area contributed by atoms with Crippen molar-refractivity contribution >= 4 is 0 Å². The molecule has 0 amide bonds. The number of benzene rings is 1. The summed E-state index contributed by atoms with van der Waals surface area (Å²) in [6, 6.07) is 9.28. The van der Waals surface area contributed by atoms with E-state index in [0.717, 1.165) is 5.92 Å². The van der Waals surface area contributed by atoms with Crippen molar-refractivity contribution in [2.75, 3.05) is 0 Å². The standard InChI is InChI=1S/C17H28/c1-4-5-6-7-8-16-11-13-17(14-12-16)10-9-15(2)3/h11-15H,4-10H2,1-3H3. The zero-order valence-corrected chi connectivity index (χ0v) is 11.8. The van der Waals surface area contributed by atoms with Crippen LogP contribution in [0.3, 0.4) is 0 Å². The molecule has 0 aliphatic heterocycles. The minimum atomic E-state index is 0.809. The van der Waals surface area contributed by atoms with Gasteiger partial charge in [-0.3, -0.25) is 0 Å². The van der Waals surface area contributed by atoms with Gasteiger partial charge in [0.05, 0.1) is 0 Å². The van der Waals surface area contributed by atoms with E-state index in [9.17, 15) is 0 Å². The maximum absolute atomic E-state index is 2.32. The number of hydrogen-bond donors (Lipinski definition) is 0. The van der Waals surface area contributed by atoms with Crippen molar-refractivity contribution in [1.29, 1.82) is 0 Å². The van der Waals surface area contributed by atoms with Gasteiger partial charge in [-0.1, -0.05) is 64.3 Å². The average Bonchev–Trinajstić information content (AvgIpc) is 2.33. The fraction of sp³-hybridized carbons (Fsp3) is 0.647. The van der Waals surface area contributed by atoms with E-state index in [-0.39, 0.29) is 0 Å². The molecule has 0 aliphatic carbocycles. The lowest BCUT2D eigenvalue weighted by Crippen LogP contribution is -1.93. The Kier molecular flexibility index (Phi) is 7.00. The Balaban J connectivity index is 2.29.